The lowest BCUT2D eigenvalue weighted by Crippen LogP contribution is -2.31. The normalized spacial score (nSPS) is 11.8. The second kappa shape index (κ2) is 10.3. The van der Waals surface area contributed by atoms with Crippen LogP contribution in [0.4, 0.5) is 14.5 Å². The predicted octanol–water partition coefficient (Wildman–Crippen LogP) is 4.01. The van der Waals surface area contributed by atoms with Crippen molar-refractivity contribution >= 4 is 17.6 Å². The lowest BCUT2D eigenvalue weighted by molar-refractivity contribution is -0.385. The number of alkyl halides is 2. The Hall–Kier alpha value is -3.56. The Labute approximate surface area is 170 Å². The third-order valence-electron chi connectivity index (χ3n) is 3.89. The molecular formula is C20H20F2N2O6. The molecule has 0 saturated heterocycles. The van der Waals surface area contributed by atoms with Crippen molar-refractivity contribution in [2.24, 2.45) is 0 Å². The van der Waals surface area contributed by atoms with Crippen molar-refractivity contribution in [3.8, 4) is 5.75 Å². The van der Waals surface area contributed by atoms with Crippen LogP contribution in [-0.2, 0) is 9.53 Å². The number of hydrogen-bond acceptors (Lipinski definition) is 6. The first kappa shape index (κ1) is 22.7. The highest BCUT2D eigenvalue weighted by Crippen LogP contribution is 2.28. The van der Waals surface area contributed by atoms with E-state index < -0.39 is 35.6 Å². The molecule has 10 heteroatoms. The third-order valence-corrected chi connectivity index (χ3v) is 3.89. The van der Waals surface area contributed by atoms with Crippen LogP contribution in [0.3, 0.4) is 0 Å². The SMILES string of the molecule is CC(C)OC(=O)CC(NC(=O)c1ccc(OC(F)F)cc1)c1ccccc1[N+](=O)[O-]. The van der Waals surface area contributed by atoms with E-state index in [2.05, 4.69) is 10.1 Å². The largest absolute Gasteiger partial charge is 0.463 e. The van der Waals surface area contributed by atoms with Crippen molar-refractivity contribution in [3.05, 3.63) is 69.8 Å². The zero-order valence-corrected chi connectivity index (χ0v) is 16.2. The minimum atomic E-state index is -3.00. The average Bonchev–Trinajstić information content (AvgIpc) is 2.66. The van der Waals surface area contributed by atoms with Gasteiger partial charge in [-0.3, -0.25) is 19.7 Å². The lowest BCUT2D eigenvalue weighted by atomic mass is 10.0. The fourth-order valence-electron chi connectivity index (χ4n) is 2.69. The molecule has 0 aliphatic heterocycles. The number of para-hydroxylation sites is 1. The molecule has 2 aromatic carbocycles. The van der Waals surface area contributed by atoms with E-state index in [9.17, 15) is 28.5 Å². The number of halogens is 2. The van der Waals surface area contributed by atoms with Gasteiger partial charge in [0.2, 0.25) is 0 Å². The Morgan fingerprint density at radius 3 is 2.30 bits per heavy atom. The van der Waals surface area contributed by atoms with Crippen LogP contribution >= 0.6 is 0 Å². The van der Waals surface area contributed by atoms with Crippen LogP contribution < -0.4 is 10.1 Å². The number of esters is 1. The molecule has 160 valence electrons. The highest BCUT2D eigenvalue weighted by atomic mass is 19.3. The first-order chi connectivity index (χ1) is 14.2. The summed E-state index contributed by atoms with van der Waals surface area (Å²) in [6.07, 6.45) is -0.733. The smallest absolute Gasteiger partial charge is 0.387 e. The Morgan fingerprint density at radius 1 is 1.10 bits per heavy atom. The minimum Gasteiger partial charge on any atom is -0.463 e. The number of rotatable bonds is 9. The number of carbonyl (C=O) groups excluding carboxylic acids is 2. The second-order valence-corrected chi connectivity index (χ2v) is 6.49. The summed E-state index contributed by atoms with van der Waals surface area (Å²) in [5, 5.41) is 13.9. The van der Waals surface area contributed by atoms with Gasteiger partial charge in [-0.25, -0.2) is 0 Å². The van der Waals surface area contributed by atoms with Crippen LogP contribution in [0.25, 0.3) is 0 Å². The van der Waals surface area contributed by atoms with Crippen LogP contribution in [0, 0.1) is 10.1 Å². The molecule has 1 unspecified atom stereocenters. The second-order valence-electron chi connectivity index (χ2n) is 6.49. The van der Waals surface area contributed by atoms with Crippen LogP contribution in [-0.4, -0.2) is 29.5 Å². The summed E-state index contributed by atoms with van der Waals surface area (Å²) in [5.74, 6) is -1.43. The maximum atomic E-state index is 12.6. The summed E-state index contributed by atoms with van der Waals surface area (Å²) in [4.78, 5) is 35.5. The van der Waals surface area contributed by atoms with Gasteiger partial charge in [-0.1, -0.05) is 18.2 Å². The van der Waals surface area contributed by atoms with Gasteiger partial charge in [0.1, 0.15) is 5.75 Å². The van der Waals surface area contributed by atoms with Crippen molar-refractivity contribution in [2.75, 3.05) is 0 Å². The van der Waals surface area contributed by atoms with Crippen molar-refractivity contribution in [3.63, 3.8) is 0 Å². The van der Waals surface area contributed by atoms with Gasteiger partial charge in [-0.15, -0.1) is 0 Å². The summed E-state index contributed by atoms with van der Waals surface area (Å²) in [6.45, 7) is 0.304. The van der Waals surface area contributed by atoms with Gasteiger partial charge in [0.15, 0.2) is 0 Å². The quantitative estimate of drug-likeness (QED) is 0.372. The molecule has 0 aliphatic rings. The van der Waals surface area contributed by atoms with E-state index in [1.807, 2.05) is 0 Å². The molecule has 1 N–H and O–H groups in total. The molecule has 0 aliphatic carbocycles. The van der Waals surface area contributed by atoms with Crippen molar-refractivity contribution < 1.29 is 32.8 Å². The van der Waals surface area contributed by atoms with E-state index in [1.54, 1.807) is 19.9 Å². The molecule has 30 heavy (non-hydrogen) atoms. The van der Waals surface area contributed by atoms with Crippen LogP contribution in [0.5, 0.6) is 5.75 Å². The van der Waals surface area contributed by atoms with Gasteiger partial charge in [0.05, 0.1) is 29.1 Å². The van der Waals surface area contributed by atoms with Crippen LogP contribution in [0.1, 0.15) is 42.2 Å². The highest BCUT2D eigenvalue weighted by Gasteiger charge is 2.27. The van der Waals surface area contributed by atoms with Gasteiger partial charge in [-0.05, 0) is 38.1 Å². The van der Waals surface area contributed by atoms with Crippen molar-refractivity contribution in [2.45, 2.75) is 39.0 Å². The standard InChI is InChI=1S/C20H20F2N2O6/c1-12(2)29-18(25)11-16(15-5-3-4-6-17(15)24(27)28)23-19(26)13-7-9-14(10-8-13)30-20(21)22/h3-10,12,16,20H,11H2,1-2H3,(H,23,26). The summed E-state index contributed by atoms with van der Waals surface area (Å²) < 4.78 is 33.8. The molecular weight excluding hydrogens is 402 g/mol. The lowest BCUT2D eigenvalue weighted by Gasteiger charge is -2.19. The molecule has 2 aromatic rings. The Balaban J connectivity index is 2.27. The number of amides is 1. The van der Waals surface area contributed by atoms with Crippen LogP contribution in [0.2, 0.25) is 0 Å². The summed E-state index contributed by atoms with van der Waals surface area (Å²) in [5.41, 5.74) is -0.0348. The van der Waals surface area contributed by atoms with E-state index in [1.165, 1.54) is 42.5 Å². The van der Waals surface area contributed by atoms with Gasteiger partial charge in [0, 0.05) is 11.6 Å². The summed E-state index contributed by atoms with van der Waals surface area (Å²) in [7, 11) is 0. The average molecular weight is 422 g/mol. The Kier molecular flexibility index (Phi) is 7.79. The van der Waals surface area contributed by atoms with E-state index in [0.29, 0.717) is 0 Å². The minimum absolute atomic E-state index is 0.0948. The zero-order valence-electron chi connectivity index (χ0n) is 16.2. The molecule has 1 amide bonds. The Morgan fingerprint density at radius 2 is 1.73 bits per heavy atom. The molecule has 0 bridgehead atoms. The van der Waals surface area contributed by atoms with E-state index in [4.69, 9.17) is 4.74 Å². The number of nitrogens with one attached hydrogen (secondary N) is 1. The molecule has 0 saturated carbocycles. The van der Waals surface area contributed by atoms with E-state index in [-0.39, 0.29) is 29.0 Å². The van der Waals surface area contributed by atoms with Gasteiger partial charge < -0.3 is 14.8 Å². The maximum absolute atomic E-state index is 12.6. The maximum Gasteiger partial charge on any atom is 0.387 e. The number of nitro groups is 1. The fourth-order valence-corrected chi connectivity index (χ4v) is 2.69. The molecule has 2 rings (SSSR count). The number of carbonyl (C=O) groups is 2. The van der Waals surface area contributed by atoms with Crippen LogP contribution in [0.15, 0.2) is 48.5 Å². The number of benzene rings is 2. The molecule has 0 heterocycles. The van der Waals surface area contributed by atoms with Crippen molar-refractivity contribution in [1.82, 2.24) is 5.32 Å². The third kappa shape index (κ3) is 6.50. The first-order valence-corrected chi connectivity index (χ1v) is 8.96. The monoisotopic (exact) mass is 422 g/mol. The number of ether oxygens (including phenoxy) is 2. The number of nitro benzene ring substituents is 1. The van der Waals surface area contributed by atoms with Gasteiger partial charge in [-0.2, -0.15) is 8.78 Å². The van der Waals surface area contributed by atoms with Gasteiger partial charge >= 0.3 is 12.6 Å². The number of nitrogens with zero attached hydrogens (tertiary/aromatic N) is 1. The predicted molar refractivity (Wildman–Crippen MR) is 102 cm³/mol. The topological polar surface area (TPSA) is 108 Å². The number of hydrogen-bond donors (Lipinski definition) is 1. The first-order valence-electron chi connectivity index (χ1n) is 8.96. The van der Waals surface area contributed by atoms with E-state index >= 15 is 0 Å². The molecule has 0 fully saturated rings. The summed E-state index contributed by atoms with van der Waals surface area (Å²) >= 11 is 0. The molecule has 8 nitrogen and oxygen atoms in total. The Bertz CT molecular complexity index is 902. The molecule has 0 aromatic heterocycles. The van der Waals surface area contributed by atoms with Gasteiger partial charge in [0.25, 0.3) is 11.6 Å². The fraction of sp³-hybridized carbons (Fsp3) is 0.300. The van der Waals surface area contributed by atoms with Crippen molar-refractivity contribution in [1.29, 1.82) is 0 Å². The highest BCUT2D eigenvalue weighted by molar-refractivity contribution is 5.95. The summed E-state index contributed by atoms with van der Waals surface area (Å²) in [6, 6.07) is 9.57. The zero-order chi connectivity index (χ0) is 22.3. The molecule has 0 spiro atoms. The van der Waals surface area contributed by atoms with E-state index in [0.717, 1.165) is 0 Å². The molecule has 0 radical (unpaired) electrons. The molecule has 1 atom stereocenters.